The largest absolute Gasteiger partial charge is 0.456 e. The SMILES string of the molecule is N=C(N)c1ccc(Oc2ccc(F)cc2Br)cc1Br. The van der Waals surface area contributed by atoms with Crippen LogP contribution in [0.2, 0.25) is 0 Å². The van der Waals surface area contributed by atoms with Crippen LogP contribution in [0.3, 0.4) is 0 Å². The Hall–Kier alpha value is -1.40. The summed E-state index contributed by atoms with van der Waals surface area (Å²) in [5.74, 6) is 0.696. The van der Waals surface area contributed by atoms with Gasteiger partial charge >= 0.3 is 0 Å². The summed E-state index contributed by atoms with van der Waals surface area (Å²) in [6, 6.07) is 9.25. The zero-order chi connectivity index (χ0) is 14.0. The number of ether oxygens (including phenoxy) is 1. The molecule has 0 spiro atoms. The van der Waals surface area contributed by atoms with Crippen LogP contribution in [0.1, 0.15) is 5.56 Å². The van der Waals surface area contributed by atoms with Crippen molar-refractivity contribution >= 4 is 37.7 Å². The topological polar surface area (TPSA) is 59.1 Å². The van der Waals surface area contributed by atoms with Crippen molar-refractivity contribution in [3.05, 3.63) is 56.7 Å². The molecule has 0 atom stereocenters. The Bertz CT molecular complexity index is 647. The van der Waals surface area contributed by atoms with Gasteiger partial charge in [0.05, 0.1) is 4.47 Å². The first-order valence-electron chi connectivity index (χ1n) is 5.24. The Morgan fingerprint density at radius 2 is 1.84 bits per heavy atom. The average Bonchev–Trinajstić information content (AvgIpc) is 2.32. The van der Waals surface area contributed by atoms with E-state index in [1.54, 1.807) is 18.2 Å². The molecule has 0 saturated heterocycles. The van der Waals surface area contributed by atoms with Crippen molar-refractivity contribution in [3.8, 4) is 11.5 Å². The third kappa shape index (κ3) is 3.33. The number of rotatable bonds is 3. The molecule has 0 aliphatic carbocycles. The minimum Gasteiger partial charge on any atom is -0.456 e. The van der Waals surface area contributed by atoms with Gasteiger partial charge in [-0.2, -0.15) is 0 Å². The lowest BCUT2D eigenvalue weighted by Crippen LogP contribution is -2.11. The van der Waals surface area contributed by atoms with Gasteiger partial charge in [0.25, 0.3) is 0 Å². The molecule has 2 aromatic rings. The molecule has 2 aromatic carbocycles. The van der Waals surface area contributed by atoms with Crippen molar-refractivity contribution in [1.82, 2.24) is 0 Å². The second-order valence-corrected chi connectivity index (χ2v) is 5.44. The fourth-order valence-electron chi connectivity index (χ4n) is 1.46. The van der Waals surface area contributed by atoms with Gasteiger partial charge in [-0.3, -0.25) is 5.41 Å². The molecule has 0 amide bonds. The van der Waals surface area contributed by atoms with Crippen LogP contribution in [0.25, 0.3) is 0 Å². The molecule has 98 valence electrons. The number of hydrogen-bond acceptors (Lipinski definition) is 2. The monoisotopic (exact) mass is 386 g/mol. The normalized spacial score (nSPS) is 10.3. The van der Waals surface area contributed by atoms with Gasteiger partial charge < -0.3 is 10.5 Å². The molecule has 0 bridgehead atoms. The average molecular weight is 388 g/mol. The Morgan fingerprint density at radius 1 is 1.11 bits per heavy atom. The molecule has 3 nitrogen and oxygen atoms in total. The number of nitrogens with one attached hydrogen (secondary N) is 1. The van der Waals surface area contributed by atoms with Crippen molar-refractivity contribution in [2.24, 2.45) is 5.73 Å². The first kappa shape index (κ1) is 14.0. The Labute approximate surface area is 126 Å². The first-order chi connectivity index (χ1) is 8.97. The smallest absolute Gasteiger partial charge is 0.141 e. The highest BCUT2D eigenvalue weighted by molar-refractivity contribution is 9.10. The molecule has 0 aliphatic rings. The fraction of sp³-hybridized carbons (Fsp3) is 0. The number of halogens is 3. The van der Waals surface area contributed by atoms with E-state index < -0.39 is 0 Å². The van der Waals surface area contributed by atoms with Crippen molar-refractivity contribution in [2.75, 3.05) is 0 Å². The second-order valence-electron chi connectivity index (χ2n) is 3.73. The van der Waals surface area contributed by atoms with E-state index in [1.807, 2.05) is 0 Å². The van der Waals surface area contributed by atoms with Crippen LogP contribution in [0, 0.1) is 11.2 Å². The molecule has 0 saturated carbocycles. The Kier molecular flexibility index (Phi) is 4.21. The van der Waals surface area contributed by atoms with Crippen LogP contribution in [-0.2, 0) is 0 Å². The number of benzene rings is 2. The fourth-order valence-corrected chi connectivity index (χ4v) is 2.47. The zero-order valence-corrected chi connectivity index (χ0v) is 12.8. The standard InChI is InChI=1S/C13H9Br2FN2O/c14-10-6-8(2-3-9(10)13(17)18)19-12-4-1-7(16)5-11(12)15/h1-6H,(H3,17,18). The predicted octanol–water partition coefficient (Wildman–Crippen LogP) is 4.43. The number of nitrogens with two attached hydrogens (primary N) is 1. The number of hydrogen-bond donors (Lipinski definition) is 2. The maximum absolute atomic E-state index is 13.0. The molecule has 0 fully saturated rings. The lowest BCUT2D eigenvalue weighted by molar-refractivity contribution is 0.477. The van der Waals surface area contributed by atoms with Crippen LogP contribution in [0.15, 0.2) is 45.3 Å². The molecule has 0 heterocycles. The van der Waals surface area contributed by atoms with Gasteiger partial charge in [-0.25, -0.2) is 4.39 Å². The molecule has 6 heteroatoms. The van der Waals surface area contributed by atoms with Crippen molar-refractivity contribution < 1.29 is 9.13 Å². The zero-order valence-electron chi connectivity index (χ0n) is 9.58. The summed E-state index contributed by atoms with van der Waals surface area (Å²) in [6.45, 7) is 0. The van der Waals surface area contributed by atoms with E-state index in [1.165, 1.54) is 18.2 Å². The highest BCUT2D eigenvalue weighted by Crippen LogP contribution is 2.32. The van der Waals surface area contributed by atoms with Crippen LogP contribution in [-0.4, -0.2) is 5.84 Å². The minimum atomic E-state index is -0.340. The second kappa shape index (κ2) is 5.71. The van der Waals surface area contributed by atoms with Gasteiger partial charge in [-0.1, -0.05) is 0 Å². The molecule has 0 aromatic heterocycles. The molecule has 2 rings (SSSR count). The highest BCUT2D eigenvalue weighted by Gasteiger charge is 2.08. The van der Waals surface area contributed by atoms with E-state index in [2.05, 4.69) is 31.9 Å². The van der Waals surface area contributed by atoms with Crippen LogP contribution in [0.5, 0.6) is 11.5 Å². The van der Waals surface area contributed by atoms with Gasteiger partial charge in [0.1, 0.15) is 23.2 Å². The van der Waals surface area contributed by atoms with E-state index in [0.29, 0.717) is 26.0 Å². The summed E-state index contributed by atoms with van der Waals surface area (Å²) in [5, 5.41) is 7.38. The summed E-state index contributed by atoms with van der Waals surface area (Å²) >= 11 is 6.55. The van der Waals surface area contributed by atoms with Crippen LogP contribution in [0.4, 0.5) is 4.39 Å². The summed E-state index contributed by atoms with van der Waals surface area (Å²) in [6.07, 6.45) is 0. The van der Waals surface area contributed by atoms with E-state index in [-0.39, 0.29) is 11.7 Å². The van der Waals surface area contributed by atoms with Gasteiger partial charge in [0, 0.05) is 10.0 Å². The lowest BCUT2D eigenvalue weighted by atomic mass is 10.2. The van der Waals surface area contributed by atoms with Gasteiger partial charge in [-0.05, 0) is 68.3 Å². The predicted molar refractivity (Wildman–Crippen MR) is 79.3 cm³/mol. The van der Waals surface area contributed by atoms with Crippen molar-refractivity contribution in [2.45, 2.75) is 0 Å². The van der Waals surface area contributed by atoms with E-state index >= 15 is 0 Å². The Balaban J connectivity index is 2.29. The van der Waals surface area contributed by atoms with Crippen LogP contribution >= 0.6 is 31.9 Å². The quantitative estimate of drug-likeness (QED) is 0.604. The maximum Gasteiger partial charge on any atom is 0.141 e. The summed E-state index contributed by atoms with van der Waals surface area (Å²) in [7, 11) is 0. The highest BCUT2D eigenvalue weighted by atomic mass is 79.9. The Morgan fingerprint density at radius 3 is 2.42 bits per heavy atom. The van der Waals surface area contributed by atoms with E-state index in [4.69, 9.17) is 15.9 Å². The molecule has 0 aliphatic heterocycles. The third-order valence-electron chi connectivity index (χ3n) is 2.35. The van der Waals surface area contributed by atoms with Gasteiger partial charge in [0.15, 0.2) is 0 Å². The van der Waals surface area contributed by atoms with Gasteiger partial charge in [0.2, 0.25) is 0 Å². The van der Waals surface area contributed by atoms with Gasteiger partial charge in [-0.15, -0.1) is 0 Å². The molecular formula is C13H9Br2FN2O. The van der Waals surface area contributed by atoms with E-state index in [0.717, 1.165) is 0 Å². The summed E-state index contributed by atoms with van der Waals surface area (Å²) < 4.78 is 19.8. The number of amidine groups is 1. The molecule has 0 unspecified atom stereocenters. The minimum absolute atomic E-state index is 0.0265. The summed E-state index contributed by atoms with van der Waals surface area (Å²) in [5.41, 5.74) is 6.01. The van der Waals surface area contributed by atoms with Crippen molar-refractivity contribution in [1.29, 1.82) is 5.41 Å². The van der Waals surface area contributed by atoms with E-state index in [9.17, 15) is 4.39 Å². The molecule has 3 N–H and O–H groups in total. The number of nitrogen functional groups attached to an aromatic ring is 1. The molecule has 0 radical (unpaired) electrons. The third-order valence-corrected chi connectivity index (χ3v) is 3.63. The van der Waals surface area contributed by atoms with Crippen LogP contribution < -0.4 is 10.5 Å². The maximum atomic E-state index is 13.0. The first-order valence-corrected chi connectivity index (χ1v) is 6.83. The summed E-state index contributed by atoms with van der Waals surface area (Å²) in [4.78, 5) is 0. The molecular weight excluding hydrogens is 379 g/mol. The lowest BCUT2D eigenvalue weighted by Gasteiger charge is -2.09. The van der Waals surface area contributed by atoms with Crippen molar-refractivity contribution in [3.63, 3.8) is 0 Å². The molecule has 19 heavy (non-hydrogen) atoms.